The maximum Gasteiger partial charge on any atom is 0.196 e. The van der Waals surface area contributed by atoms with E-state index in [2.05, 4.69) is 0 Å². The van der Waals surface area contributed by atoms with Crippen molar-refractivity contribution < 1.29 is 15.0 Å². The molecule has 3 aromatic rings. The molecule has 108 valence electrons. The van der Waals surface area contributed by atoms with Crippen LogP contribution in [0.5, 0.6) is 11.5 Å². The van der Waals surface area contributed by atoms with Gasteiger partial charge in [0.25, 0.3) is 0 Å². The number of phenolic OH excluding ortho intramolecular Hbond substituents is 2. The zero-order valence-corrected chi connectivity index (χ0v) is 11.7. The number of ketones is 1. The van der Waals surface area contributed by atoms with Gasteiger partial charge in [-0.3, -0.25) is 4.79 Å². The van der Waals surface area contributed by atoms with Gasteiger partial charge in [-0.2, -0.15) is 0 Å². The highest BCUT2D eigenvalue weighted by Gasteiger charge is 2.14. The van der Waals surface area contributed by atoms with E-state index in [1.54, 1.807) is 60.7 Å². The van der Waals surface area contributed by atoms with E-state index in [9.17, 15) is 15.0 Å². The third-order valence-corrected chi connectivity index (χ3v) is 3.48. The molecule has 0 heterocycles. The molecular weight excluding hydrogens is 276 g/mol. The normalized spacial score (nSPS) is 10.4. The Morgan fingerprint density at radius 1 is 0.727 bits per heavy atom. The second-order valence-corrected chi connectivity index (χ2v) is 4.97. The predicted octanol–water partition coefficient (Wildman–Crippen LogP) is 4.00. The fourth-order valence-electron chi connectivity index (χ4n) is 2.30. The minimum atomic E-state index is -0.223. The highest BCUT2D eigenvalue weighted by molar-refractivity contribution is 6.11. The van der Waals surface area contributed by atoms with Crippen LogP contribution in [0.25, 0.3) is 11.1 Å². The summed E-state index contributed by atoms with van der Waals surface area (Å²) in [6, 6.07) is 20.5. The lowest BCUT2D eigenvalue weighted by atomic mass is 9.97. The minimum Gasteiger partial charge on any atom is -0.508 e. The largest absolute Gasteiger partial charge is 0.508 e. The molecule has 0 radical (unpaired) electrons. The zero-order chi connectivity index (χ0) is 15.5. The first-order chi connectivity index (χ1) is 10.6. The lowest BCUT2D eigenvalue weighted by Crippen LogP contribution is -2.01. The monoisotopic (exact) mass is 290 g/mol. The van der Waals surface area contributed by atoms with Crippen molar-refractivity contribution in [2.45, 2.75) is 0 Å². The number of benzene rings is 3. The van der Waals surface area contributed by atoms with Crippen LogP contribution < -0.4 is 0 Å². The average Bonchev–Trinajstić information content (AvgIpc) is 2.56. The highest BCUT2D eigenvalue weighted by atomic mass is 16.3. The number of rotatable bonds is 3. The van der Waals surface area contributed by atoms with E-state index in [1.165, 1.54) is 6.07 Å². The molecule has 0 atom stereocenters. The van der Waals surface area contributed by atoms with Gasteiger partial charge in [0, 0.05) is 5.56 Å². The Labute approximate surface area is 128 Å². The molecule has 0 aliphatic carbocycles. The molecule has 0 saturated carbocycles. The fraction of sp³-hybridized carbons (Fsp3) is 0. The molecule has 0 spiro atoms. The predicted molar refractivity (Wildman–Crippen MR) is 85.1 cm³/mol. The molecule has 0 aliphatic rings. The lowest BCUT2D eigenvalue weighted by Gasteiger charge is -2.08. The molecule has 0 aliphatic heterocycles. The Bertz CT molecular complexity index is 806. The van der Waals surface area contributed by atoms with Crippen LogP contribution in [-0.4, -0.2) is 16.0 Å². The van der Waals surface area contributed by atoms with Crippen LogP contribution in [0.1, 0.15) is 15.9 Å². The van der Waals surface area contributed by atoms with Gasteiger partial charge in [-0.1, -0.05) is 48.5 Å². The fourth-order valence-corrected chi connectivity index (χ4v) is 2.30. The van der Waals surface area contributed by atoms with Gasteiger partial charge >= 0.3 is 0 Å². The van der Waals surface area contributed by atoms with E-state index in [0.717, 1.165) is 11.1 Å². The van der Waals surface area contributed by atoms with Crippen LogP contribution in [0, 0.1) is 0 Å². The standard InChI is InChI=1S/C19H14O3/c20-16-9-6-13(7-10-16)15-8-11-18(21)17(12-15)19(22)14-4-2-1-3-5-14/h1-12,20-21H. The number of carbonyl (C=O) groups excluding carboxylic acids is 1. The first kappa shape index (κ1) is 13.9. The SMILES string of the molecule is O=C(c1ccccc1)c1cc(-c2ccc(O)cc2)ccc1O. The molecule has 0 unspecified atom stereocenters. The number of carbonyl (C=O) groups is 1. The Morgan fingerprint density at radius 3 is 2.05 bits per heavy atom. The van der Waals surface area contributed by atoms with Gasteiger partial charge in [0.15, 0.2) is 5.78 Å². The van der Waals surface area contributed by atoms with E-state index in [0.29, 0.717) is 5.56 Å². The Hall–Kier alpha value is -3.07. The maximum absolute atomic E-state index is 12.5. The van der Waals surface area contributed by atoms with Crippen LogP contribution >= 0.6 is 0 Å². The molecule has 22 heavy (non-hydrogen) atoms. The molecule has 0 saturated heterocycles. The van der Waals surface area contributed by atoms with Gasteiger partial charge < -0.3 is 10.2 Å². The molecule has 3 nitrogen and oxygen atoms in total. The summed E-state index contributed by atoms with van der Waals surface area (Å²) in [5, 5.41) is 19.3. The first-order valence-corrected chi connectivity index (χ1v) is 6.87. The van der Waals surface area contributed by atoms with Crippen molar-refractivity contribution in [3.63, 3.8) is 0 Å². The number of hydrogen-bond acceptors (Lipinski definition) is 3. The van der Waals surface area contributed by atoms with Gasteiger partial charge in [0.1, 0.15) is 11.5 Å². The van der Waals surface area contributed by atoms with Crippen molar-refractivity contribution in [2.24, 2.45) is 0 Å². The molecule has 0 fully saturated rings. The van der Waals surface area contributed by atoms with Crippen molar-refractivity contribution in [2.75, 3.05) is 0 Å². The quantitative estimate of drug-likeness (QED) is 0.717. The van der Waals surface area contributed by atoms with E-state index < -0.39 is 0 Å². The van der Waals surface area contributed by atoms with Crippen LogP contribution in [-0.2, 0) is 0 Å². The summed E-state index contributed by atoms with van der Waals surface area (Å²) >= 11 is 0. The van der Waals surface area contributed by atoms with Crippen LogP contribution in [0.4, 0.5) is 0 Å². The summed E-state index contributed by atoms with van der Waals surface area (Å²) in [7, 11) is 0. The second-order valence-electron chi connectivity index (χ2n) is 4.97. The number of aromatic hydroxyl groups is 2. The third-order valence-electron chi connectivity index (χ3n) is 3.48. The highest BCUT2D eigenvalue weighted by Crippen LogP contribution is 2.28. The second kappa shape index (κ2) is 5.74. The first-order valence-electron chi connectivity index (χ1n) is 6.87. The summed E-state index contributed by atoms with van der Waals surface area (Å²) in [6.07, 6.45) is 0. The van der Waals surface area contributed by atoms with E-state index >= 15 is 0 Å². The van der Waals surface area contributed by atoms with Crippen molar-refractivity contribution in [3.05, 3.63) is 83.9 Å². The van der Waals surface area contributed by atoms with E-state index in [4.69, 9.17) is 0 Å². The Balaban J connectivity index is 2.04. The molecule has 0 aromatic heterocycles. The Kier molecular flexibility index (Phi) is 3.62. The van der Waals surface area contributed by atoms with Gasteiger partial charge in [0.05, 0.1) is 5.56 Å². The summed E-state index contributed by atoms with van der Waals surface area (Å²) in [5.74, 6) is -0.0850. The number of hydrogen-bond donors (Lipinski definition) is 2. The molecule has 3 heteroatoms. The smallest absolute Gasteiger partial charge is 0.196 e. The lowest BCUT2D eigenvalue weighted by molar-refractivity contribution is 0.103. The third kappa shape index (κ3) is 2.69. The molecular formula is C19H14O3. The van der Waals surface area contributed by atoms with Crippen LogP contribution in [0.2, 0.25) is 0 Å². The van der Waals surface area contributed by atoms with E-state index in [-0.39, 0.29) is 22.8 Å². The summed E-state index contributed by atoms with van der Waals surface area (Å²) in [5.41, 5.74) is 2.45. The topological polar surface area (TPSA) is 57.5 Å². The summed E-state index contributed by atoms with van der Waals surface area (Å²) < 4.78 is 0. The van der Waals surface area contributed by atoms with Crippen molar-refractivity contribution in [1.82, 2.24) is 0 Å². The van der Waals surface area contributed by atoms with Crippen molar-refractivity contribution in [3.8, 4) is 22.6 Å². The van der Waals surface area contributed by atoms with Crippen molar-refractivity contribution in [1.29, 1.82) is 0 Å². The van der Waals surface area contributed by atoms with E-state index in [1.807, 2.05) is 6.07 Å². The molecule has 3 aromatic carbocycles. The number of phenols is 2. The van der Waals surface area contributed by atoms with Gasteiger partial charge in [-0.15, -0.1) is 0 Å². The van der Waals surface area contributed by atoms with Gasteiger partial charge in [0.2, 0.25) is 0 Å². The average molecular weight is 290 g/mol. The van der Waals surface area contributed by atoms with Gasteiger partial charge in [-0.25, -0.2) is 0 Å². The molecule has 0 bridgehead atoms. The molecule has 0 amide bonds. The summed E-state index contributed by atoms with van der Waals surface area (Å²) in [6.45, 7) is 0. The molecule has 3 rings (SSSR count). The minimum absolute atomic E-state index is 0.0450. The molecule has 2 N–H and O–H groups in total. The van der Waals surface area contributed by atoms with Crippen LogP contribution in [0.3, 0.4) is 0 Å². The maximum atomic E-state index is 12.5. The van der Waals surface area contributed by atoms with Crippen LogP contribution in [0.15, 0.2) is 72.8 Å². The zero-order valence-electron chi connectivity index (χ0n) is 11.7. The summed E-state index contributed by atoms with van der Waals surface area (Å²) in [4.78, 5) is 12.5. The van der Waals surface area contributed by atoms with Crippen molar-refractivity contribution >= 4 is 5.78 Å². The Morgan fingerprint density at radius 2 is 1.36 bits per heavy atom. The van der Waals surface area contributed by atoms with Gasteiger partial charge in [-0.05, 0) is 35.4 Å².